The zero-order valence-electron chi connectivity index (χ0n) is 12.5. The lowest BCUT2D eigenvalue weighted by atomic mass is 10.1. The molecule has 1 saturated carbocycles. The largest absolute Gasteiger partial charge is 0.367 e. The minimum absolute atomic E-state index is 0.184. The number of halogens is 1. The van der Waals surface area contributed by atoms with E-state index in [0.29, 0.717) is 19.1 Å². The summed E-state index contributed by atoms with van der Waals surface area (Å²) < 4.78 is 15.5. The van der Waals surface area contributed by atoms with E-state index in [4.69, 9.17) is 0 Å². The van der Waals surface area contributed by atoms with Gasteiger partial charge in [-0.2, -0.15) is 0 Å². The summed E-state index contributed by atoms with van der Waals surface area (Å²) in [5, 5.41) is 3.45. The summed E-state index contributed by atoms with van der Waals surface area (Å²) in [5.41, 5.74) is 2.05. The quantitative estimate of drug-likeness (QED) is 0.886. The van der Waals surface area contributed by atoms with Gasteiger partial charge in [-0.3, -0.25) is 0 Å². The Balaban J connectivity index is 1.77. The molecule has 1 aliphatic rings. The monoisotopic (exact) mass is 288 g/mol. The van der Waals surface area contributed by atoms with Crippen molar-refractivity contribution in [3.63, 3.8) is 0 Å². The zero-order chi connectivity index (χ0) is 14.8. The number of anilines is 1. The van der Waals surface area contributed by atoms with Gasteiger partial charge in [0.25, 0.3) is 0 Å². The molecule has 4 nitrogen and oxygen atoms in total. The predicted octanol–water partition coefficient (Wildman–Crippen LogP) is 2.45. The van der Waals surface area contributed by atoms with Crippen LogP contribution < -0.4 is 10.2 Å². The SMILES string of the molecule is CN(Cc1nccn1C)c1ccc(F)cc1CNC1CC1. The molecular formula is C16H21FN4. The highest BCUT2D eigenvalue weighted by atomic mass is 19.1. The summed E-state index contributed by atoms with van der Waals surface area (Å²) in [4.78, 5) is 6.46. The van der Waals surface area contributed by atoms with Crippen molar-refractivity contribution in [1.82, 2.24) is 14.9 Å². The normalized spacial score (nSPS) is 14.4. The third-order valence-electron chi connectivity index (χ3n) is 3.91. The molecule has 2 aromatic rings. The number of rotatable bonds is 6. The molecule has 1 heterocycles. The first-order valence-corrected chi connectivity index (χ1v) is 7.32. The Morgan fingerprint density at radius 3 is 2.90 bits per heavy atom. The molecule has 0 spiro atoms. The van der Waals surface area contributed by atoms with Crippen LogP contribution in [0.2, 0.25) is 0 Å². The molecule has 0 atom stereocenters. The van der Waals surface area contributed by atoms with Crippen molar-refractivity contribution in [2.75, 3.05) is 11.9 Å². The van der Waals surface area contributed by atoms with Crippen molar-refractivity contribution in [3.8, 4) is 0 Å². The third kappa shape index (κ3) is 3.42. The molecule has 1 aromatic carbocycles. The topological polar surface area (TPSA) is 33.1 Å². The number of hydrogen-bond donors (Lipinski definition) is 1. The van der Waals surface area contributed by atoms with E-state index in [-0.39, 0.29) is 5.82 Å². The molecule has 5 heteroatoms. The van der Waals surface area contributed by atoms with E-state index in [1.54, 1.807) is 12.3 Å². The average molecular weight is 288 g/mol. The highest BCUT2D eigenvalue weighted by molar-refractivity contribution is 5.53. The number of benzene rings is 1. The maximum Gasteiger partial charge on any atom is 0.127 e. The number of nitrogens with one attached hydrogen (secondary N) is 1. The van der Waals surface area contributed by atoms with Gasteiger partial charge in [-0.25, -0.2) is 9.37 Å². The molecule has 3 rings (SSSR count). The summed E-state index contributed by atoms with van der Waals surface area (Å²) in [6.45, 7) is 1.41. The van der Waals surface area contributed by atoms with Crippen LogP contribution in [0.3, 0.4) is 0 Å². The third-order valence-corrected chi connectivity index (χ3v) is 3.91. The van der Waals surface area contributed by atoms with Gasteiger partial charge in [0.15, 0.2) is 0 Å². The van der Waals surface area contributed by atoms with Gasteiger partial charge in [-0.15, -0.1) is 0 Å². The Labute approximate surface area is 124 Å². The van der Waals surface area contributed by atoms with Gasteiger partial charge in [0.2, 0.25) is 0 Å². The highest BCUT2D eigenvalue weighted by Crippen LogP contribution is 2.24. The van der Waals surface area contributed by atoms with E-state index in [1.807, 2.05) is 30.9 Å². The van der Waals surface area contributed by atoms with E-state index in [9.17, 15) is 4.39 Å². The molecule has 1 aliphatic carbocycles. The van der Waals surface area contributed by atoms with E-state index in [1.165, 1.54) is 18.9 Å². The van der Waals surface area contributed by atoms with Crippen LogP contribution in [-0.2, 0) is 20.1 Å². The van der Waals surface area contributed by atoms with Gasteiger partial charge in [0, 0.05) is 44.8 Å². The number of aryl methyl sites for hydroxylation is 1. The fourth-order valence-corrected chi connectivity index (χ4v) is 2.46. The Morgan fingerprint density at radius 1 is 1.43 bits per heavy atom. The lowest BCUT2D eigenvalue weighted by molar-refractivity contribution is 0.618. The number of imidazole rings is 1. The van der Waals surface area contributed by atoms with E-state index < -0.39 is 0 Å². The summed E-state index contributed by atoms with van der Waals surface area (Å²) in [6.07, 6.45) is 6.19. The van der Waals surface area contributed by atoms with E-state index >= 15 is 0 Å². The van der Waals surface area contributed by atoms with Crippen molar-refractivity contribution in [2.24, 2.45) is 7.05 Å². The molecule has 21 heavy (non-hydrogen) atoms. The molecule has 1 fully saturated rings. The summed E-state index contributed by atoms with van der Waals surface area (Å²) >= 11 is 0. The maximum absolute atomic E-state index is 13.5. The maximum atomic E-state index is 13.5. The van der Waals surface area contributed by atoms with Gasteiger partial charge in [0.05, 0.1) is 6.54 Å². The van der Waals surface area contributed by atoms with E-state index in [0.717, 1.165) is 17.1 Å². The van der Waals surface area contributed by atoms with Crippen molar-refractivity contribution in [3.05, 3.63) is 47.8 Å². The summed E-state index contributed by atoms with van der Waals surface area (Å²) in [6, 6.07) is 5.60. The van der Waals surface area contributed by atoms with Crippen LogP contribution in [-0.4, -0.2) is 22.6 Å². The van der Waals surface area contributed by atoms with Crippen molar-refractivity contribution >= 4 is 5.69 Å². The molecule has 1 aromatic heterocycles. The van der Waals surface area contributed by atoms with Gasteiger partial charge in [-0.1, -0.05) is 0 Å². The Morgan fingerprint density at radius 2 is 2.24 bits per heavy atom. The zero-order valence-corrected chi connectivity index (χ0v) is 12.5. The summed E-state index contributed by atoms with van der Waals surface area (Å²) in [7, 11) is 4.00. The molecule has 0 aliphatic heterocycles. The molecular weight excluding hydrogens is 267 g/mol. The van der Waals surface area contributed by atoms with Gasteiger partial charge in [0.1, 0.15) is 11.6 Å². The van der Waals surface area contributed by atoms with E-state index in [2.05, 4.69) is 15.2 Å². The van der Waals surface area contributed by atoms with Crippen LogP contribution >= 0.6 is 0 Å². The number of nitrogens with zero attached hydrogens (tertiary/aromatic N) is 3. The molecule has 0 bridgehead atoms. The highest BCUT2D eigenvalue weighted by Gasteiger charge is 2.21. The average Bonchev–Trinajstić information content (AvgIpc) is 3.20. The first-order chi connectivity index (χ1) is 10.1. The molecule has 112 valence electrons. The minimum Gasteiger partial charge on any atom is -0.367 e. The number of aromatic nitrogens is 2. The van der Waals surface area contributed by atoms with Crippen LogP contribution in [0.5, 0.6) is 0 Å². The Kier molecular flexibility index (Phi) is 3.92. The molecule has 1 N–H and O–H groups in total. The molecule has 0 unspecified atom stereocenters. The van der Waals surface area contributed by atoms with Crippen LogP contribution in [0.4, 0.5) is 10.1 Å². The second-order valence-electron chi connectivity index (χ2n) is 5.74. The van der Waals surface area contributed by atoms with Crippen molar-refractivity contribution < 1.29 is 4.39 Å². The van der Waals surface area contributed by atoms with Crippen molar-refractivity contribution in [2.45, 2.75) is 32.0 Å². The van der Waals surface area contributed by atoms with Gasteiger partial charge >= 0.3 is 0 Å². The Bertz CT molecular complexity index is 618. The van der Waals surface area contributed by atoms with Crippen LogP contribution in [0.1, 0.15) is 24.2 Å². The Hall–Kier alpha value is -1.88. The summed E-state index contributed by atoms with van der Waals surface area (Å²) in [5.74, 6) is 0.805. The number of hydrogen-bond acceptors (Lipinski definition) is 3. The van der Waals surface area contributed by atoms with Crippen molar-refractivity contribution in [1.29, 1.82) is 0 Å². The fourth-order valence-electron chi connectivity index (χ4n) is 2.46. The second kappa shape index (κ2) is 5.85. The lowest BCUT2D eigenvalue weighted by Gasteiger charge is -2.22. The first-order valence-electron chi connectivity index (χ1n) is 7.32. The predicted molar refractivity (Wildman–Crippen MR) is 81.6 cm³/mol. The molecule has 0 saturated heterocycles. The first kappa shape index (κ1) is 14.1. The molecule has 0 amide bonds. The minimum atomic E-state index is -0.184. The van der Waals surface area contributed by atoms with Crippen LogP contribution in [0.15, 0.2) is 30.6 Å². The fraction of sp³-hybridized carbons (Fsp3) is 0.438. The van der Waals surface area contributed by atoms with Crippen LogP contribution in [0, 0.1) is 5.82 Å². The standard InChI is InChI=1S/C16H21FN4/c1-20-8-7-18-16(20)11-21(2)15-6-3-13(17)9-12(15)10-19-14-4-5-14/h3,6-9,14,19H,4-5,10-11H2,1-2H3. The molecule has 0 radical (unpaired) electrons. The van der Waals surface area contributed by atoms with Gasteiger partial charge < -0.3 is 14.8 Å². The van der Waals surface area contributed by atoms with Gasteiger partial charge in [-0.05, 0) is 36.6 Å². The van der Waals surface area contributed by atoms with Crippen LogP contribution in [0.25, 0.3) is 0 Å². The second-order valence-corrected chi connectivity index (χ2v) is 5.74. The smallest absolute Gasteiger partial charge is 0.127 e. The lowest BCUT2D eigenvalue weighted by Crippen LogP contribution is -2.23.